The van der Waals surface area contributed by atoms with E-state index in [0.717, 1.165) is 36.0 Å². The number of carbonyl (C=O) groups excluding carboxylic acids is 1. The minimum absolute atomic E-state index is 0.121. The van der Waals surface area contributed by atoms with Crippen LogP contribution in [-0.2, 0) is 27.7 Å². The summed E-state index contributed by atoms with van der Waals surface area (Å²) in [6.07, 6.45) is 3.48. The van der Waals surface area contributed by atoms with Gasteiger partial charge in [-0.2, -0.15) is 0 Å². The number of hydrogen-bond donors (Lipinski definition) is 1. The molecule has 0 aliphatic heterocycles. The van der Waals surface area contributed by atoms with Crippen molar-refractivity contribution >= 4 is 21.6 Å². The van der Waals surface area contributed by atoms with Crippen molar-refractivity contribution in [1.82, 2.24) is 5.32 Å². The molecule has 30 heavy (non-hydrogen) atoms. The number of hydrogen-bond acceptors (Lipinski definition) is 4. The van der Waals surface area contributed by atoms with E-state index >= 15 is 0 Å². The van der Waals surface area contributed by atoms with Crippen LogP contribution < -0.4 is 14.4 Å². The summed E-state index contributed by atoms with van der Waals surface area (Å²) in [5, 5.41) is 2.83. The molecule has 164 valence electrons. The lowest BCUT2D eigenvalue weighted by Crippen LogP contribution is -2.41. The standard InChI is InChI=1S/C23H32N2O4S/c1-5-20-12-6-7-14-22(20)25(30(4,27)28)17-23(26)24-15-9-11-19-10-8-13-21(16-19)29-18(2)3/h6-8,10,12-14,16,18H,5,9,11,15,17H2,1-4H3,(H,24,26). The first-order chi connectivity index (χ1) is 14.2. The van der Waals surface area contributed by atoms with Gasteiger partial charge in [-0.3, -0.25) is 9.10 Å². The van der Waals surface area contributed by atoms with Crippen LogP contribution in [0.2, 0.25) is 0 Å². The van der Waals surface area contributed by atoms with Gasteiger partial charge in [0.05, 0.1) is 18.0 Å². The first-order valence-corrected chi connectivity index (χ1v) is 12.1. The third-order valence-electron chi connectivity index (χ3n) is 4.56. The van der Waals surface area contributed by atoms with Crippen molar-refractivity contribution in [1.29, 1.82) is 0 Å². The number of ether oxygens (including phenoxy) is 1. The van der Waals surface area contributed by atoms with E-state index in [4.69, 9.17) is 4.74 Å². The maximum Gasteiger partial charge on any atom is 0.240 e. The molecule has 0 unspecified atom stereocenters. The van der Waals surface area contributed by atoms with Crippen LogP contribution in [0.1, 0.15) is 38.3 Å². The minimum Gasteiger partial charge on any atom is -0.491 e. The zero-order chi connectivity index (χ0) is 22.1. The van der Waals surface area contributed by atoms with Gasteiger partial charge in [-0.1, -0.05) is 37.3 Å². The average molecular weight is 433 g/mol. The van der Waals surface area contributed by atoms with E-state index in [9.17, 15) is 13.2 Å². The number of amides is 1. The Morgan fingerprint density at radius 3 is 2.53 bits per heavy atom. The second-order valence-corrected chi connectivity index (χ2v) is 9.43. The van der Waals surface area contributed by atoms with Crippen LogP contribution in [0.4, 0.5) is 5.69 Å². The number of nitrogens with one attached hydrogen (secondary N) is 1. The molecule has 2 aromatic rings. The minimum atomic E-state index is -3.58. The lowest BCUT2D eigenvalue weighted by Gasteiger charge is -2.24. The number of para-hydroxylation sites is 1. The number of rotatable bonds is 11. The van der Waals surface area contributed by atoms with Crippen molar-refractivity contribution in [2.24, 2.45) is 0 Å². The summed E-state index contributed by atoms with van der Waals surface area (Å²) in [4.78, 5) is 12.4. The normalized spacial score (nSPS) is 11.4. The second kappa shape index (κ2) is 11.0. The van der Waals surface area contributed by atoms with Gasteiger partial charge in [0.15, 0.2) is 0 Å². The van der Waals surface area contributed by atoms with Crippen LogP contribution in [0.3, 0.4) is 0 Å². The van der Waals surface area contributed by atoms with Crippen LogP contribution in [-0.4, -0.2) is 39.8 Å². The Labute approximate surface area is 180 Å². The molecule has 2 rings (SSSR count). The topological polar surface area (TPSA) is 75.7 Å². The Hall–Kier alpha value is -2.54. The fraction of sp³-hybridized carbons (Fsp3) is 0.435. The number of sulfonamides is 1. The number of carbonyl (C=O) groups is 1. The lowest BCUT2D eigenvalue weighted by atomic mass is 10.1. The van der Waals surface area contributed by atoms with E-state index < -0.39 is 10.0 Å². The van der Waals surface area contributed by atoms with Gasteiger partial charge in [0.1, 0.15) is 12.3 Å². The predicted molar refractivity (Wildman–Crippen MR) is 122 cm³/mol. The maximum absolute atomic E-state index is 12.4. The Morgan fingerprint density at radius 2 is 1.87 bits per heavy atom. The van der Waals surface area contributed by atoms with E-state index in [1.54, 1.807) is 12.1 Å². The zero-order valence-electron chi connectivity index (χ0n) is 18.2. The SMILES string of the molecule is CCc1ccccc1N(CC(=O)NCCCc1cccc(OC(C)C)c1)S(C)(=O)=O. The number of nitrogens with zero attached hydrogens (tertiary/aromatic N) is 1. The zero-order valence-corrected chi connectivity index (χ0v) is 19.0. The van der Waals surface area contributed by atoms with Crippen molar-refractivity contribution in [2.75, 3.05) is 23.7 Å². The molecule has 0 saturated carbocycles. The van der Waals surface area contributed by atoms with Crippen molar-refractivity contribution < 1.29 is 17.9 Å². The summed E-state index contributed by atoms with van der Waals surface area (Å²) in [5.74, 6) is 0.521. The fourth-order valence-corrected chi connectivity index (χ4v) is 4.07. The van der Waals surface area contributed by atoms with E-state index in [1.807, 2.05) is 57.2 Å². The van der Waals surface area contributed by atoms with E-state index in [1.165, 1.54) is 4.31 Å². The molecule has 0 radical (unpaired) electrons. The molecule has 0 aromatic heterocycles. The van der Waals surface area contributed by atoms with Crippen molar-refractivity contribution in [3.63, 3.8) is 0 Å². The Bertz CT molecular complexity index is 942. The van der Waals surface area contributed by atoms with Crippen LogP contribution in [0.5, 0.6) is 5.75 Å². The first kappa shape index (κ1) is 23.7. The molecule has 1 amide bonds. The summed E-state index contributed by atoms with van der Waals surface area (Å²) in [6, 6.07) is 15.2. The molecular weight excluding hydrogens is 400 g/mol. The molecule has 7 heteroatoms. The van der Waals surface area contributed by atoms with Gasteiger partial charge >= 0.3 is 0 Å². The highest BCUT2D eigenvalue weighted by Crippen LogP contribution is 2.23. The molecule has 0 bridgehead atoms. The van der Waals surface area contributed by atoms with Crippen molar-refractivity contribution in [3.8, 4) is 5.75 Å². The highest BCUT2D eigenvalue weighted by molar-refractivity contribution is 7.92. The number of benzene rings is 2. The van der Waals surface area contributed by atoms with Crippen LogP contribution in [0.25, 0.3) is 0 Å². The van der Waals surface area contributed by atoms with Crippen molar-refractivity contribution in [3.05, 3.63) is 59.7 Å². The van der Waals surface area contributed by atoms with Gasteiger partial charge in [0, 0.05) is 6.54 Å². The Balaban J connectivity index is 1.91. The quantitative estimate of drug-likeness (QED) is 0.551. The third kappa shape index (κ3) is 7.37. The predicted octanol–water partition coefficient (Wildman–Crippen LogP) is 3.55. The highest BCUT2D eigenvalue weighted by atomic mass is 32.2. The largest absolute Gasteiger partial charge is 0.491 e. The monoisotopic (exact) mass is 432 g/mol. The van der Waals surface area contributed by atoms with Crippen LogP contribution in [0, 0.1) is 0 Å². The molecule has 0 saturated heterocycles. The summed E-state index contributed by atoms with van der Waals surface area (Å²) in [5.41, 5.74) is 2.58. The third-order valence-corrected chi connectivity index (χ3v) is 5.69. The van der Waals surface area contributed by atoms with Gasteiger partial charge in [-0.05, 0) is 62.4 Å². The van der Waals surface area contributed by atoms with E-state index in [0.29, 0.717) is 18.7 Å². The molecular formula is C23H32N2O4S. The maximum atomic E-state index is 12.4. The second-order valence-electron chi connectivity index (χ2n) is 7.52. The van der Waals surface area contributed by atoms with Crippen molar-refractivity contribution in [2.45, 2.75) is 46.1 Å². The van der Waals surface area contributed by atoms with Gasteiger partial charge in [-0.25, -0.2) is 8.42 Å². The summed E-state index contributed by atoms with van der Waals surface area (Å²) < 4.78 is 31.5. The molecule has 0 heterocycles. The van der Waals surface area contributed by atoms with Gasteiger partial charge in [0.25, 0.3) is 0 Å². The van der Waals surface area contributed by atoms with E-state index in [-0.39, 0.29) is 18.6 Å². The van der Waals surface area contributed by atoms with Gasteiger partial charge < -0.3 is 10.1 Å². The molecule has 0 aliphatic carbocycles. The molecule has 2 aromatic carbocycles. The summed E-state index contributed by atoms with van der Waals surface area (Å²) in [6.45, 7) is 6.18. The summed E-state index contributed by atoms with van der Waals surface area (Å²) in [7, 11) is -3.58. The van der Waals surface area contributed by atoms with Crippen LogP contribution in [0.15, 0.2) is 48.5 Å². The average Bonchev–Trinajstić information content (AvgIpc) is 2.68. The van der Waals surface area contributed by atoms with Crippen LogP contribution >= 0.6 is 0 Å². The Morgan fingerprint density at radius 1 is 1.13 bits per heavy atom. The molecule has 1 N–H and O–H groups in total. The van der Waals surface area contributed by atoms with Gasteiger partial charge in [-0.15, -0.1) is 0 Å². The molecule has 0 fully saturated rings. The summed E-state index contributed by atoms with van der Waals surface area (Å²) >= 11 is 0. The number of anilines is 1. The highest BCUT2D eigenvalue weighted by Gasteiger charge is 2.22. The number of aryl methyl sites for hydroxylation is 2. The first-order valence-electron chi connectivity index (χ1n) is 10.3. The van der Waals surface area contributed by atoms with E-state index in [2.05, 4.69) is 5.32 Å². The lowest BCUT2D eigenvalue weighted by molar-refractivity contribution is -0.119. The molecule has 0 spiro atoms. The molecule has 0 atom stereocenters. The van der Waals surface area contributed by atoms with Gasteiger partial charge in [0.2, 0.25) is 15.9 Å². The molecule has 0 aliphatic rings. The fourth-order valence-electron chi connectivity index (χ4n) is 3.19. The Kier molecular flexibility index (Phi) is 8.72. The smallest absolute Gasteiger partial charge is 0.240 e. The molecule has 6 nitrogen and oxygen atoms in total.